The Kier molecular flexibility index (Phi) is 4.62. The molecule has 1 aromatic rings. The van der Waals surface area contributed by atoms with E-state index in [2.05, 4.69) is 0 Å². The molecule has 2 amide bonds. The summed E-state index contributed by atoms with van der Waals surface area (Å²) in [5.74, 6) is -0.411. The van der Waals surface area contributed by atoms with E-state index >= 15 is 0 Å². The third-order valence-corrected chi connectivity index (χ3v) is 5.67. The van der Waals surface area contributed by atoms with Gasteiger partial charge in [-0.3, -0.25) is 9.59 Å². The monoisotopic (exact) mass is 350 g/mol. The van der Waals surface area contributed by atoms with Crippen molar-refractivity contribution in [2.24, 2.45) is 0 Å². The van der Waals surface area contributed by atoms with Gasteiger partial charge in [0.25, 0.3) is 5.91 Å². The molecule has 2 aliphatic rings. The third-order valence-electron chi connectivity index (χ3n) is 4.69. The van der Waals surface area contributed by atoms with E-state index in [1.54, 1.807) is 17.0 Å². The summed E-state index contributed by atoms with van der Waals surface area (Å²) in [6, 6.07) is 6.59. The number of carbonyl (C=O) groups is 2. The summed E-state index contributed by atoms with van der Waals surface area (Å²) in [6.07, 6.45) is 3.22. The Labute approximate surface area is 142 Å². The molecule has 1 atom stereocenters. The highest BCUT2D eigenvalue weighted by molar-refractivity contribution is 7.90. The summed E-state index contributed by atoms with van der Waals surface area (Å²) < 4.78 is 23.1. The van der Waals surface area contributed by atoms with E-state index in [1.165, 1.54) is 4.90 Å². The van der Waals surface area contributed by atoms with Crippen molar-refractivity contribution in [3.63, 3.8) is 0 Å². The molecule has 0 saturated carbocycles. The van der Waals surface area contributed by atoms with Gasteiger partial charge in [-0.25, -0.2) is 8.42 Å². The number of carbonyl (C=O) groups excluding carboxylic acids is 2. The largest absolute Gasteiger partial charge is 0.341 e. The number of sulfone groups is 1. The average Bonchev–Trinajstić information content (AvgIpc) is 3.16. The summed E-state index contributed by atoms with van der Waals surface area (Å²) in [5, 5.41) is 0. The van der Waals surface area contributed by atoms with Crippen molar-refractivity contribution in [1.29, 1.82) is 0 Å². The van der Waals surface area contributed by atoms with Crippen LogP contribution in [0.15, 0.2) is 24.3 Å². The zero-order valence-electron chi connectivity index (χ0n) is 13.8. The zero-order chi connectivity index (χ0) is 17.3. The molecule has 0 bridgehead atoms. The van der Waals surface area contributed by atoms with Gasteiger partial charge in [0, 0.05) is 31.5 Å². The zero-order valence-corrected chi connectivity index (χ0v) is 14.6. The Bertz CT molecular complexity index is 754. The van der Waals surface area contributed by atoms with Gasteiger partial charge in [-0.2, -0.15) is 0 Å². The van der Waals surface area contributed by atoms with Gasteiger partial charge in [-0.05, 0) is 30.9 Å². The molecule has 0 spiro atoms. The van der Waals surface area contributed by atoms with Crippen molar-refractivity contribution in [3.8, 4) is 0 Å². The summed E-state index contributed by atoms with van der Waals surface area (Å²) in [4.78, 5) is 28.9. The number of rotatable bonds is 5. The predicted molar refractivity (Wildman–Crippen MR) is 90.2 cm³/mol. The number of nitrogens with zero attached hydrogens (tertiary/aromatic N) is 2. The van der Waals surface area contributed by atoms with Gasteiger partial charge in [0.05, 0.1) is 5.75 Å². The first-order chi connectivity index (χ1) is 11.4. The Morgan fingerprint density at radius 3 is 2.50 bits per heavy atom. The minimum absolute atomic E-state index is 0.0998. The molecule has 2 heterocycles. The second-order valence-corrected chi connectivity index (χ2v) is 8.82. The molecule has 7 heteroatoms. The van der Waals surface area contributed by atoms with E-state index in [1.807, 2.05) is 12.1 Å². The highest BCUT2D eigenvalue weighted by atomic mass is 32.2. The number of likely N-dealkylation sites (tertiary alicyclic amines) is 1. The maximum absolute atomic E-state index is 12.9. The summed E-state index contributed by atoms with van der Waals surface area (Å²) in [7, 11) is -3.20. The fourth-order valence-electron chi connectivity index (χ4n) is 3.42. The first kappa shape index (κ1) is 17.0. The van der Waals surface area contributed by atoms with Gasteiger partial charge in [-0.1, -0.05) is 18.2 Å². The highest BCUT2D eigenvalue weighted by Crippen LogP contribution is 2.27. The van der Waals surface area contributed by atoms with Crippen LogP contribution in [0.5, 0.6) is 0 Å². The Morgan fingerprint density at radius 1 is 1.21 bits per heavy atom. The second kappa shape index (κ2) is 6.55. The smallest absolute Gasteiger partial charge is 0.255 e. The molecule has 2 aliphatic heterocycles. The molecule has 1 unspecified atom stereocenters. The lowest BCUT2D eigenvalue weighted by Crippen LogP contribution is -2.48. The fraction of sp³-hybridized carbons (Fsp3) is 0.529. The van der Waals surface area contributed by atoms with Gasteiger partial charge in [0.1, 0.15) is 15.9 Å². The van der Waals surface area contributed by atoms with Crippen LogP contribution in [-0.4, -0.2) is 61.2 Å². The van der Waals surface area contributed by atoms with E-state index in [4.69, 9.17) is 0 Å². The van der Waals surface area contributed by atoms with Crippen LogP contribution in [-0.2, 0) is 21.2 Å². The molecular formula is C17H22N2O4S. The second-order valence-electron chi connectivity index (χ2n) is 6.56. The van der Waals surface area contributed by atoms with Crippen molar-refractivity contribution in [2.45, 2.75) is 31.8 Å². The molecule has 0 aliphatic carbocycles. The first-order valence-electron chi connectivity index (χ1n) is 8.22. The number of fused-ring (bicyclic) bond motifs is 1. The number of benzene rings is 1. The van der Waals surface area contributed by atoms with Crippen molar-refractivity contribution in [2.75, 3.05) is 25.1 Å². The van der Waals surface area contributed by atoms with E-state index in [0.717, 1.165) is 24.7 Å². The van der Waals surface area contributed by atoms with Gasteiger partial charge in [-0.15, -0.1) is 0 Å². The van der Waals surface area contributed by atoms with Crippen LogP contribution in [0.1, 0.15) is 35.2 Å². The maximum Gasteiger partial charge on any atom is 0.255 e. The number of hydrogen-bond acceptors (Lipinski definition) is 4. The Hall–Kier alpha value is -1.89. The molecule has 0 N–H and O–H groups in total. The topological polar surface area (TPSA) is 74.8 Å². The summed E-state index contributed by atoms with van der Waals surface area (Å²) in [5.41, 5.74) is 1.50. The molecule has 130 valence electrons. The van der Waals surface area contributed by atoms with E-state index in [0.29, 0.717) is 25.2 Å². The van der Waals surface area contributed by atoms with Gasteiger partial charge in [0.15, 0.2) is 0 Å². The van der Waals surface area contributed by atoms with E-state index in [9.17, 15) is 18.0 Å². The molecule has 1 fully saturated rings. The van der Waals surface area contributed by atoms with Crippen LogP contribution in [0.2, 0.25) is 0 Å². The lowest BCUT2D eigenvalue weighted by Gasteiger charge is -2.30. The van der Waals surface area contributed by atoms with Gasteiger partial charge < -0.3 is 9.80 Å². The normalized spacial score (nSPS) is 18.8. The summed E-state index contributed by atoms with van der Waals surface area (Å²) in [6.45, 7) is 1.73. The lowest BCUT2D eigenvalue weighted by atomic mass is 10.1. The van der Waals surface area contributed by atoms with Crippen LogP contribution in [0.4, 0.5) is 0 Å². The average molecular weight is 350 g/mol. The maximum atomic E-state index is 12.9. The van der Waals surface area contributed by atoms with Crippen LogP contribution >= 0.6 is 0 Å². The minimum atomic E-state index is -3.20. The lowest BCUT2D eigenvalue weighted by molar-refractivity contribution is -0.135. The van der Waals surface area contributed by atoms with E-state index in [-0.39, 0.29) is 24.0 Å². The van der Waals surface area contributed by atoms with Crippen LogP contribution in [0.3, 0.4) is 0 Å². The molecule has 1 saturated heterocycles. The van der Waals surface area contributed by atoms with Crippen molar-refractivity contribution < 1.29 is 18.0 Å². The summed E-state index contributed by atoms with van der Waals surface area (Å²) >= 11 is 0. The van der Waals surface area contributed by atoms with Gasteiger partial charge >= 0.3 is 0 Å². The molecule has 0 aromatic heterocycles. The van der Waals surface area contributed by atoms with E-state index < -0.39 is 15.9 Å². The minimum Gasteiger partial charge on any atom is -0.341 e. The fourth-order valence-corrected chi connectivity index (χ4v) is 4.07. The molecule has 24 heavy (non-hydrogen) atoms. The van der Waals surface area contributed by atoms with Crippen molar-refractivity contribution >= 4 is 21.7 Å². The van der Waals surface area contributed by atoms with Crippen LogP contribution in [0.25, 0.3) is 0 Å². The standard InChI is InChI=1S/C17H22N2O4S/c1-24(22,23)11-8-15(17(21)18-9-4-5-10-18)19-12-13-6-2-3-7-14(13)16(19)20/h2-3,6-7,15H,4-5,8-12H2,1H3. The van der Waals surface area contributed by atoms with Gasteiger partial charge in [0.2, 0.25) is 5.91 Å². The Morgan fingerprint density at radius 2 is 1.88 bits per heavy atom. The highest BCUT2D eigenvalue weighted by Gasteiger charge is 2.38. The third kappa shape index (κ3) is 3.45. The quantitative estimate of drug-likeness (QED) is 0.796. The number of hydrogen-bond donors (Lipinski definition) is 0. The Balaban J connectivity index is 1.84. The van der Waals surface area contributed by atoms with Crippen LogP contribution in [0, 0.1) is 0 Å². The first-order valence-corrected chi connectivity index (χ1v) is 10.3. The SMILES string of the molecule is CS(=O)(=O)CCC(C(=O)N1CCCC1)N1Cc2ccccc2C1=O. The molecule has 6 nitrogen and oxygen atoms in total. The number of amides is 2. The van der Waals surface area contributed by atoms with Crippen molar-refractivity contribution in [3.05, 3.63) is 35.4 Å². The predicted octanol–water partition coefficient (Wildman–Crippen LogP) is 1.07. The molecule has 3 rings (SSSR count). The van der Waals surface area contributed by atoms with Crippen LogP contribution < -0.4 is 0 Å². The molecule has 0 radical (unpaired) electrons. The van der Waals surface area contributed by atoms with Crippen molar-refractivity contribution in [1.82, 2.24) is 9.80 Å². The molecular weight excluding hydrogens is 328 g/mol. The molecule has 1 aromatic carbocycles.